The summed E-state index contributed by atoms with van der Waals surface area (Å²) >= 11 is 0. The van der Waals surface area contributed by atoms with Crippen molar-refractivity contribution in [2.45, 2.75) is 25.7 Å². The lowest BCUT2D eigenvalue weighted by molar-refractivity contribution is -0.151. The van der Waals surface area contributed by atoms with Gasteiger partial charge in [-0.3, -0.25) is 9.59 Å². The van der Waals surface area contributed by atoms with Crippen molar-refractivity contribution < 1.29 is 24.2 Å². The maximum atomic E-state index is 12.6. The highest BCUT2D eigenvalue weighted by Gasteiger charge is 2.46. The molecule has 0 bridgehead atoms. The fourth-order valence-electron chi connectivity index (χ4n) is 3.17. The van der Waals surface area contributed by atoms with Crippen LogP contribution < -0.4 is 4.74 Å². The van der Waals surface area contributed by atoms with E-state index in [0.717, 1.165) is 11.3 Å². The van der Waals surface area contributed by atoms with Crippen LogP contribution in [0.2, 0.25) is 0 Å². The van der Waals surface area contributed by atoms with E-state index in [1.807, 2.05) is 31.2 Å². The first-order valence-electron chi connectivity index (χ1n) is 8.06. The minimum absolute atomic E-state index is 0.0236. The quantitative estimate of drug-likeness (QED) is 0.826. The van der Waals surface area contributed by atoms with E-state index < -0.39 is 11.4 Å². The Morgan fingerprint density at radius 3 is 2.75 bits per heavy atom. The molecule has 6 nitrogen and oxygen atoms in total. The summed E-state index contributed by atoms with van der Waals surface area (Å²) < 4.78 is 10.3. The van der Waals surface area contributed by atoms with Crippen LogP contribution >= 0.6 is 0 Å². The van der Waals surface area contributed by atoms with E-state index in [-0.39, 0.29) is 25.0 Å². The van der Waals surface area contributed by atoms with Gasteiger partial charge >= 0.3 is 5.97 Å². The number of benzene rings is 1. The number of nitrogens with zero attached hydrogens (tertiary/aromatic N) is 1. The molecule has 1 aliphatic heterocycles. The summed E-state index contributed by atoms with van der Waals surface area (Å²) in [6, 6.07) is 7.66. The van der Waals surface area contributed by atoms with Crippen molar-refractivity contribution >= 4 is 11.9 Å². The molecule has 1 aromatic carbocycles. The number of hydrogen-bond donors (Lipinski definition) is 1. The summed E-state index contributed by atoms with van der Waals surface area (Å²) in [4.78, 5) is 25.8. The Hall–Kier alpha value is -2.08. The van der Waals surface area contributed by atoms with Crippen molar-refractivity contribution in [1.29, 1.82) is 0 Å². The highest BCUT2D eigenvalue weighted by atomic mass is 16.5. The number of amides is 1. The second-order valence-corrected chi connectivity index (χ2v) is 6.47. The lowest BCUT2D eigenvalue weighted by atomic mass is 9.88. The maximum absolute atomic E-state index is 12.6. The summed E-state index contributed by atoms with van der Waals surface area (Å²) in [6.45, 7) is 2.78. The van der Waals surface area contributed by atoms with Crippen molar-refractivity contribution in [2.24, 2.45) is 5.41 Å². The van der Waals surface area contributed by atoms with Crippen LogP contribution in [0.25, 0.3) is 0 Å². The van der Waals surface area contributed by atoms with Crippen LogP contribution in [-0.4, -0.2) is 55.8 Å². The smallest absolute Gasteiger partial charge is 0.313 e. The molecule has 2 unspecified atom stereocenters. The van der Waals surface area contributed by atoms with Crippen LogP contribution in [0.1, 0.15) is 31.2 Å². The van der Waals surface area contributed by atoms with Crippen molar-refractivity contribution in [1.82, 2.24) is 4.90 Å². The number of methoxy groups -OCH3 is 2. The number of carbonyl (C=O) groups excluding carboxylic acids is 1. The summed E-state index contributed by atoms with van der Waals surface area (Å²) in [5.41, 5.74) is 0.0483. The third-order valence-electron chi connectivity index (χ3n) is 4.72. The zero-order valence-corrected chi connectivity index (χ0v) is 14.4. The third-order valence-corrected chi connectivity index (χ3v) is 4.72. The average Bonchev–Trinajstić information content (AvgIpc) is 3.01. The van der Waals surface area contributed by atoms with Crippen molar-refractivity contribution in [3.8, 4) is 5.75 Å². The summed E-state index contributed by atoms with van der Waals surface area (Å²) in [7, 11) is 3.10. The molecular formula is C18H25NO5. The first-order valence-corrected chi connectivity index (χ1v) is 8.06. The average molecular weight is 335 g/mol. The van der Waals surface area contributed by atoms with Crippen LogP contribution in [0.3, 0.4) is 0 Å². The Morgan fingerprint density at radius 1 is 1.38 bits per heavy atom. The Bertz CT molecular complexity index is 603. The number of ether oxygens (including phenoxy) is 2. The van der Waals surface area contributed by atoms with Crippen LogP contribution in [0.15, 0.2) is 24.3 Å². The maximum Gasteiger partial charge on any atom is 0.313 e. The minimum Gasteiger partial charge on any atom is -0.497 e. The van der Waals surface area contributed by atoms with E-state index in [9.17, 15) is 14.7 Å². The van der Waals surface area contributed by atoms with Gasteiger partial charge in [-0.15, -0.1) is 0 Å². The van der Waals surface area contributed by atoms with E-state index in [1.54, 1.807) is 12.0 Å². The van der Waals surface area contributed by atoms with Gasteiger partial charge in [-0.1, -0.05) is 19.1 Å². The van der Waals surface area contributed by atoms with Gasteiger partial charge < -0.3 is 19.5 Å². The molecular weight excluding hydrogens is 310 g/mol. The lowest BCUT2D eigenvalue weighted by Crippen LogP contribution is -2.40. The van der Waals surface area contributed by atoms with Crippen LogP contribution in [-0.2, 0) is 14.3 Å². The zero-order valence-electron chi connectivity index (χ0n) is 14.4. The molecule has 0 radical (unpaired) electrons. The number of carbonyl (C=O) groups is 2. The number of likely N-dealkylation sites (tertiary alicyclic amines) is 1. The molecule has 2 rings (SSSR count). The third kappa shape index (κ3) is 3.87. The van der Waals surface area contributed by atoms with Gasteiger partial charge in [0.1, 0.15) is 11.2 Å². The van der Waals surface area contributed by atoms with Gasteiger partial charge in [-0.05, 0) is 30.0 Å². The molecule has 2 atom stereocenters. The van der Waals surface area contributed by atoms with Crippen LogP contribution in [0.4, 0.5) is 0 Å². The van der Waals surface area contributed by atoms with Crippen molar-refractivity contribution in [2.75, 3.05) is 33.9 Å². The molecule has 1 N–H and O–H groups in total. The van der Waals surface area contributed by atoms with Gasteiger partial charge in [0.15, 0.2) is 0 Å². The first kappa shape index (κ1) is 18.3. The highest BCUT2D eigenvalue weighted by Crippen LogP contribution is 2.33. The number of carboxylic acids is 1. The van der Waals surface area contributed by atoms with Gasteiger partial charge in [-0.25, -0.2) is 0 Å². The van der Waals surface area contributed by atoms with E-state index in [0.29, 0.717) is 19.4 Å². The van der Waals surface area contributed by atoms with Gasteiger partial charge in [0.2, 0.25) is 5.91 Å². The second-order valence-electron chi connectivity index (χ2n) is 6.47. The SMILES string of the molecule is COCC1(C(=O)O)CCN(C(=O)CC(C)c2cccc(OC)c2)C1. The Kier molecular flexibility index (Phi) is 5.83. The summed E-state index contributed by atoms with van der Waals surface area (Å²) in [6.07, 6.45) is 0.769. The topological polar surface area (TPSA) is 76.1 Å². The largest absolute Gasteiger partial charge is 0.497 e. The molecule has 0 saturated carbocycles. The molecule has 1 fully saturated rings. The highest BCUT2D eigenvalue weighted by molar-refractivity contribution is 5.81. The fraction of sp³-hybridized carbons (Fsp3) is 0.556. The fourth-order valence-corrected chi connectivity index (χ4v) is 3.17. The Morgan fingerprint density at radius 2 is 2.12 bits per heavy atom. The molecule has 0 spiro atoms. The Labute approximate surface area is 142 Å². The normalized spacial score (nSPS) is 21.5. The second kappa shape index (κ2) is 7.66. The standard InChI is InChI=1S/C18H25NO5/c1-13(14-5-4-6-15(10-14)24-3)9-16(20)19-8-7-18(11-19,12-23-2)17(21)22/h4-6,10,13H,7-9,11-12H2,1-3H3,(H,21,22). The number of aliphatic carboxylic acids is 1. The molecule has 132 valence electrons. The molecule has 1 heterocycles. The molecule has 0 aromatic heterocycles. The first-order chi connectivity index (χ1) is 11.4. The van der Waals surface area contributed by atoms with Gasteiger partial charge in [0, 0.05) is 26.6 Å². The van der Waals surface area contributed by atoms with Gasteiger partial charge in [0.05, 0.1) is 13.7 Å². The van der Waals surface area contributed by atoms with E-state index in [1.165, 1.54) is 7.11 Å². The molecule has 6 heteroatoms. The molecule has 1 aromatic rings. The number of rotatable bonds is 7. The predicted octanol–water partition coefficient (Wildman–Crippen LogP) is 2.14. The number of carboxylic acid groups (broad SMARTS) is 1. The van der Waals surface area contributed by atoms with Gasteiger partial charge in [0.25, 0.3) is 0 Å². The molecule has 1 amide bonds. The predicted molar refractivity (Wildman–Crippen MR) is 89.2 cm³/mol. The lowest BCUT2D eigenvalue weighted by Gasteiger charge is -2.24. The molecule has 24 heavy (non-hydrogen) atoms. The zero-order chi connectivity index (χ0) is 17.7. The van der Waals surface area contributed by atoms with E-state index in [2.05, 4.69) is 0 Å². The molecule has 1 aliphatic rings. The molecule has 1 saturated heterocycles. The van der Waals surface area contributed by atoms with Crippen LogP contribution in [0.5, 0.6) is 5.75 Å². The Balaban J connectivity index is 2.01. The van der Waals surface area contributed by atoms with E-state index in [4.69, 9.17) is 9.47 Å². The van der Waals surface area contributed by atoms with Crippen molar-refractivity contribution in [3.05, 3.63) is 29.8 Å². The number of hydrogen-bond acceptors (Lipinski definition) is 4. The van der Waals surface area contributed by atoms with Crippen LogP contribution in [0, 0.1) is 5.41 Å². The van der Waals surface area contributed by atoms with E-state index >= 15 is 0 Å². The monoisotopic (exact) mass is 335 g/mol. The molecule has 0 aliphatic carbocycles. The van der Waals surface area contributed by atoms with Gasteiger partial charge in [-0.2, -0.15) is 0 Å². The minimum atomic E-state index is -0.983. The summed E-state index contributed by atoms with van der Waals surface area (Å²) in [5, 5.41) is 9.48. The van der Waals surface area contributed by atoms with Crippen molar-refractivity contribution in [3.63, 3.8) is 0 Å². The summed E-state index contributed by atoms with van der Waals surface area (Å²) in [5.74, 6) is -0.127.